The Labute approximate surface area is 190 Å². The molecule has 0 aliphatic heterocycles. The van der Waals surface area contributed by atoms with Gasteiger partial charge < -0.3 is 14.0 Å². The third kappa shape index (κ3) is 6.02. The highest BCUT2D eigenvalue weighted by molar-refractivity contribution is 7.91. The minimum atomic E-state index is -3.59. The first-order valence-electron chi connectivity index (χ1n) is 10.1. The molecule has 172 valence electrons. The summed E-state index contributed by atoms with van der Waals surface area (Å²) in [7, 11) is -1.99. The van der Waals surface area contributed by atoms with E-state index in [1.165, 1.54) is 23.5 Å². The van der Waals surface area contributed by atoms with E-state index in [1.807, 2.05) is 29.7 Å². The molecule has 0 unspecified atom stereocenters. The summed E-state index contributed by atoms with van der Waals surface area (Å²) in [6.45, 7) is 3.44. The molecule has 0 N–H and O–H groups in total. The van der Waals surface area contributed by atoms with E-state index >= 15 is 0 Å². The van der Waals surface area contributed by atoms with Crippen molar-refractivity contribution in [3.63, 3.8) is 0 Å². The van der Waals surface area contributed by atoms with Crippen LogP contribution in [0, 0.1) is 5.82 Å². The van der Waals surface area contributed by atoms with E-state index in [0.29, 0.717) is 24.6 Å². The molecule has 3 rings (SSSR count). The minimum absolute atomic E-state index is 0.0108. The van der Waals surface area contributed by atoms with Crippen molar-refractivity contribution < 1.29 is 27.1 Å². The van der Waals surface area contributed by atoms with E-state index in [0.717, 1.165) is 28.1 Å². The highest BCUT2D eigenvalue weighted by Crippen LogP contribution is 2.23. The van der Waals surface area contributed by atoms with Gasteiger partial charge in [0.2, 0.25) is 5.91 Å². The first-order chi connectivity index (χ1) is 15.3. The molecule has 0 saturated carbocycles. The summed E-state index contributed by atoms with van der Waals surface area (Å²) in [6.07, 6.45) is 0.114. The second-order valence-electron chi connectivity index (χ2n) is 6.97. The van der Waals surface area contributed by atoms with Crippen molar-refractivity contribution in [2.75, 3.05) is 26.1 Å². The van der Waals surface area contributed by atoms with Gasteiger partial charge >= 0.3 is 0 Å². The van der Waals surface area contributed by atoms with Crippen LogP contribution in [0.2, 0.25) is 0 Å². The maximum atomic E-state index is 13.0. The number of thiazole rings is 1. The van der Waals surface area contributed by atoms with Crippen LogP contribution in [0.15, 0.2) is 52.4 Å². The quantitative estimate of drug-likeness (QED) is 0.414. The Balaban J connectivity index is 1.76. The Morgan fingerprint density at radius 3 is 2.62 bits per heavy atom. The number of benzene rings is 2. The van der Waals surface area contributed by atoms with Gasteiger partial charge in [-0.3, -0.25) is 4.79 Å². The summed E-state index contributed by atoms with van der Waals surface area (Å²) in [4.78, 5) is 17.3. The minimum Gasteiger partial charge on any atom is -0.494 e. The lowest BCUT2D eigenvalue weighted by Gasteiger charge is -2.06. The van der Waals surface area contributed by atoms with E-state index < -0.39 is 21.6 Å². The number of sulfone groups is 1. The Kier molecular flexibility index (Phi) is 8.16. The molecule has 10 heteroatoms. The molecule has 1 aromatic heterocycles. The van der Waals surface area contributed by atoms with Crippen LogP contribution in [0.5, 0.6) is 5.75 Å². The number of aromatic nitrogens is 1. The predicted octanol–water partition coefficient (Wildman–Crippen LogP) is 3.57. The fraction of sp³-hybridized carbons (Fsp3) is 0.364. The molecule has 0 saturated heterocycles. The number of rotatable bonds is 10. The van der Waals surface area contributed by atoms with Crippen LogP contribution >= 0.6 is 11.3 Å². The Hall–Kier alpha value is -2.56. The smallest absolute Gasteiger partial charge is 0.248 e. The summed E-state index contributed by atoms with van der Waals surface area (Å²) < 4.78 is 51.3. The molecular weight excluding hydrogens is 455 g/mol. The van der Waals surface area contributed by atoms with Crippen molar-refractivity contribution in [3.05, 3.63) is 53.1 Å². The van der Waals surface area contributed by atoms with Crippen LogP contribution in [-0.2, 0) is 25.9 Å². The lowest BCUT2D eigenvalue weighted by Crippen LogP contribution is -2.19. The van der Waals surface area contributed by atoms with Crippen LogP contribution in [0.3, 0.4) is 0 Å². The maximum absolute atomic E-state index is 13.0. The molecule has 3 aromatic rings. The molecule has 0 spiro atoms. The number of methoxy groups -OCH3 is 1. The van der Waals surface area contributed by atoms with E-state index in [9.17, 15) is 17.6 Å². The number of ether oxygens (including phenoxy) is 2. The molecule has 32 heavy (non-hydrogen) atoms. The topological polar surface area (TPSA) is 87.0 Å². The molecule has 2 aromatic carbocycles. The molecule has 1 heterocycles. The van der Waals surface area contributed by atoms with Gasteiger partial charge in [-0.2, -0.15) is 4.99 Å². The van der Waals surface area contributed by atoms with Crippen molar-refractivity contribution in [1.29, 1.82) is 0 Å². The Bertz CT molecular complexity index is 1250. The average molecular weight is 481 g/mol. The molecule has 0 aliphatic carbocycles. The van der Waals surface area contributed by atoms with Gasteiger partial charge in [-0.15, -0.1) is 0 Å². The van der Waals surface area contributed by atoms with Crippen molar-refractivity contribution in [2.24, 2.45) is 4.99 Å². The molecule has 0 bridgehead atoms. The van der Waals surface area contributed by atoms with Crippen molar-refractivity contribution >= 4 is 37.3 Å². The summed E-state index contributed by atoms with van der Waals surface area (Å²) in [5, 5.41) is 0. The lowest BCUT2D eigenvalue weighted by molar-refractivity contribution is -0.118. The number of halogens is 1. The number of hydrogen-bond acceptors (Lipinski definition) is 6. The first-order valence-corrected chi connectivity index (χ1v) is 12.6. The first kappa shape index (κ1) is 24.1. The average Bonchev–Trinajstić information content (AvgIpc) is 3.08. The number of carbonyl (C=O) groups is 1. The zero-order valence-corrected chi connectivity index (χ0v) is 19.5. The van der Waals surface area contributed by atoms with Crippen LogP contribution in [-0.4, -0.2) is 45.0 Å². The van der Waals surface area contributed by atoms with Crippen LogP contribution in [0.25, 0.3) is 10.2 Å². The van der Waals surface area contributed by atoms with Crippen molar-refractivity contribution in [1.82, 2.24) is 4.57 Å². The monoisotopic (exact) mass is 480 g/mol. The third-order valence-corrected chi connectivity index (χ3v) is 7.54. The zero-order chi connectivity index (χ0) is 23.1. The standard InChI is InChI=1S/C22H25FN2O5S2/c1-3-30-17-8-11-19-20(15-17)31-22(25(19)12-13-29-2)24-21(26)5-4-14-32(27,28)18-9-6-16(23)7-10-18/h6-11,15H,3-5,12-14H2,1-2H3. The van der Waals surface area contributed by atoms with Gasteiger partial charge in [0.05, 0.1) is 34.1 Å². The predicted molar refractivity (Wildman–Crippen MR) is 121 cm³/mol. The van der Waals surface area contributed by atoms with Gasteiger partial charge in [0.1, 0.15) is 11.6 Å². The summed E-state index contributed by atoms with van der Waals surface area (Å²) in [5.41, 5.74) is 0.918. The zero-order valence-electron chi connectivity index (χ0n) is 17.9. The number of fused-ring (bicyclic) bond motifs is 1. The van der Waals surface area contributed by atoms with Crippen LogP contribution in [0.1, 0.15) is 19.8 Å². The summed E-state index contributed by atoms with van der Waals surface area (Å²) in [6, 6.07) is 10.4. The summed E-state index contributed by atoms with van der Waals surface area (Å²) >= 11 is 1.37. The van der Waals surface area contributed by atoms with E-state index in [4.69, 9.17) is 9.47 Å². The molecular formula is C22H25FN2O5S2. The largest absolute Gasteiger partial charge is 0.494 e. The highest BCUT2D eigenvalue weighted by Gasteiger charge is 2.15. The second kappa shape index (κ2) is 10.8. The Morgan fingerprint density at radius 2 is 1.94 bits per heavy atom. The van der Waals surface area contributed by atoms with Gasteiger partial charge in [0.15, 0.2) is 14.6 Å². The van der Waals surface area contributed by atoms with Crippen molar-refractivity contribution in [3.8, 4) is 5.75 Å². The van der Waals surface area contributed by atoms with E-state index in [2.05, 4.69) is 4.99 Å². The van der Waals surface area contributed by atoms with Crippen molar-refractivity contribution in [2.45, 2.75) is 31.2 Å². The lowest BCUT2D eigenvalue weighted by atomic mass is 10.3. The van der Waals surface area contributed by atoms with Crippen LogP contribution < -0.4 is 9.54 Å². The molecule has 0 radical (unpaired) electrons. The third-order valence-electron chi connectivity index (χ3n) is 4.68. The second-order valence-corrected chi connectivity index (χ2v) is 10.1. The van der Waals surface area contributed by atoms with Gasteiger partial charge in [0.25, 0.3) is 0 Å². The number of nitrogens with zero attached hydrogens (tertiary/aromatic N) is 2. The number of carbonyl (C=O) groups excluding carboxylic acids is 1. The number of amides is 1. The molecule has 0 fully saturated rings. The van der Waals surface area contributed by atoms with Gasteiger partial charge in [0, 0.05) is 20.1 Å². The molecule has 0 aliphatic rings. The fourth-order valence-electron chi connectivity index (χ4n) is 3.13. The molecule has 7 nitrogen and oxygen atoms in total. The summed E-state index contributed by atoms with van der Waals surface area (Å²) in [5.74, 6) is -0.379. The highest BCUT2D eigenvalue weighted by atomic mass is 32.2. The van der Waals surface area contributed by atoms with Gasteiger partial charge in [-0.1, -0.05) is 11.3 Å². The van der Waals surface area contributed by atoms with Gasteiger partial charge in [-0.25, -0.2) is 12.8 Å². The maximum Gasteiger partial charge on any atom is 0.248 e. The van der Waals surface area contributed by atoms with Crippen LogP contribution in [0.4, 0.5) is 4.39 Å². The molecule has 1 amide bonds. The normalized spacial score (nSPS) is 12.4. The Morgan fingerprint density at radius 1 is 1.19 bits per heavy atom. The molecule has 0 atom stereocenters. The number of hydrogen-bond donors (Lipinski definition) is 0. The van der Waals surface area contributed by atoms with E-state index in [1.54, 1.807) is 7.11 Å². The van der Waals surface area contributed by atoms with E-state index in [-0.39, 0.29) is 23.5 Å². The SMILES string of the molecule is CCOc1ccc2c(c1)sc(=NC(=O)CCCS(=O)(=O)c1ccc(F)cc1)n2CCOC. The fourth-order valence-corrected chi connectivity index (χ4v) is 5.54. The van der Waals surface area contributed by atoms with Gasteiger partial charge in [-0.05, 0) is 55.8 Å².